The van der Waals surface area contributed by atoms with Gasteiger partial charge >= 0.3 is 5.97 Å². The molecule has 1 aromatic carbocycles. The van der Waals surface area contributed by atoms with E-state index in [9.17, 15) is 14.0 Å². The molecular formula is C14H8Cl4FN3O3. The molecule has 0 saturated carbocycles. The number of halogens is 5. The summed E-state index contributed by atoms with van der Waals surface area (Å²) in [7, 11) is 0. The standard InChI is InChI=1S/C14H8Cl4FN3O3/c15-6-3-5(1-2-7(6)19)21-8(23)4-25-14(24)12-9(16)11(20)10(17)13(18)22-12/h1-3H,4H2,(H2,20,22)(H,21,23). The van der Waals surface area contributed by atoms with Gasteiger partial charge in [0.1, 0.15) is 10.8 Å². The van der Waals surface area contributed by atoms with E-state index in [0.717, 1.165) is 6.07 Å². The Labute approximate surface area is 161 Å². The van der Waals surface area contributed by atoms with Crippen molar-refractivity contribution in [1.82, 2.24) is 4.98 Å². The highest BCUT2D eigenvalue weighted by Gasteiger charge is 2.21. The van der Waals surface area contributed by atoms with E-state index in [1.807, 2.05) is 0 Å². The largest absolute Gasteiger partial charge is 0.451 e. The third-order valence-electron chi connectivity index (χ3n) is 2.80. The number of anilines is 2. The molecule has 3 N–H and O–H groups in total. The van der Waals surface area contributed by atoms with Crippen LogP contribution < -0.4 is 11.1 Å². The number of nitrogens with two attached hydrogens (primary N) is 1. The zero-order chi connectivity index (χ0) is 18.7. The third-order valence-corrected chi connectivity index (χ3v) is 4.23. The molecule has 132 valence electrons. The number of ether oxygens (including phenoxy) is 1. The molecule has 2 rings (SSSR count). The van der Waals surface area contributed by atoms with Crippen LogP contribution >= 0.6 is 46.4 Å². The van der Waals surface area contributed by atoms with Gasteiger partial charge in [-0.3, -0.25) is 4.79 Å². The normalized spacial score (nSPS) is 10.4. The Bertz CT molecular complexity index is 864. The molecule has 0 atom stereocenters. The van der Waals surface area contributed by atoms with Gasteiger partial charge in [0.25, 0.3) is 5.91 Å². The number of hydrogen-bond acceptors (Lipinski definition) is 5. The fraction of sp³-hybridized carbons (Fsp3) is 0.0714. The van der Waals surface area contributed by atoms with Crippen LogP contribution in [0.25, 0.3) is 0 Å². The molecular weight excluding hydrogens is 419 g/mol. The smallest absolute Gasteiger partial charge is 0.359 e. The second-order valence-electron chi connectivity index (χ2n) is 4.55. The number of amides is 1. The summed E-state index contributed by atoms with van der Waals surface area (Å²) in [6.45, 7) is -0.661. The number of hydrogen-bond donors (Lipinski definition) is 2. The molecule has 0 saturated heterocycles. The van der Waals surface area contributed by atoms with Gasteiger partial charge in [0.05, 0.1) is 15.7 Å². The van der Waals surface area contributed by atoms with E-state index in [2.05, 4.69) is 10.3 Å². The Morgan fingerprint density at radius 2 is 1.88 bits per heavy atom. The van der Waals surface area contributed by atoms with E-state index in [4.69, 9.17) is 56.9 Å². The Hall–Kier alpha value is -1.80. The van der Waals surface area contributed by atoms with E-state index in [1.165, 1.54) is 12.1 Å². The Morgan fingerprint density at radius 1 is 1.20 bits per heavy atom. The van der Waals surface area contributed by atoms with Gasteiger partial charge in [-0.2, -0.15) is 0 Å². The highest BCUT2D eigenvalue weighted by atomic mass is 35.5. The lowest BCUT2D eigenvalue weighted by molar-refractivity contribution is -0.119. The first-order valence-electron chi connectivity index (χ1n) is 6.42. The monoisotopic (exact) mass is 425 g/mol. The SMILES string of the molecule is Nc1c(Cl)c(Cl)nc(C(=O)OCC(=O)Nc2ccc(F)c(Cl)c2)c1Cl. The van der Waals surface area contributed by atoms with Crippen LogP contribution in [0.15, 0.2) is 18.2 Å². The van der Waals surface area contributed by atoms with Crippen molar-refractivity contribution in [2.75, 3.05) is 17.7 Å². The molecule has 2 aromatic rings. The topological polar surface area (TPSA) is 94.3 Å². The van der Waals surface area contributed by atoms with Gasteiger partial charge in [-0.25, -0.2) is 14.2 Å². The number of benzene rings is 1. The van der Waals surface area contributed by atoms with Crippen LogP contribution in [0.2, 0.25) is 20.2 Å². The van der Waals surface area contributed by atoms with Crippen LogP contribution in [0.3, 0.4) is 0 Å². The quantitative estimate of drug-likeness (QED) is 0.564. The minimum atomic E-state index is -1.03. The summed E-state index contributed by atoms with van der Waals surface area (Å²) in [6, 6.07) is 3.57. The molecule has 0 spiro atoms. The fourth-order valence-electron chi connectivity index (χ4n) is 1.64. The highest BCUT2D eigenvalue weighted by Crippen LogP contribution is 2.34. The van der Waals surface area contributed by atoms with Crippen molar-refractivity contribution in [3.8, 4) is 0 Å². The van der Waals surface area contributed by atoms with Crippen molar-refractivity contribution in [1.29, 1.82) is 0 Å². The number of nitrogen functional groups attached to an aromatic ring is 1. The lowest BCUT2D eigenvalue weighted by atomic mass is 10.3. The van der Waals surface area contributed by atoms with Crippen molar-refractivity contribution in [2.24, 2.45) is 0 Å². The lowest BCUT2D eigenvalue weighted by Crippen LogP contribution is -2.21. The average molecular weight is 427 g/mol. The maximum absolute atomic E-state index is 13.0. The van der Waals surface area contributed by atoms with Crippen LogP contribution in [0, 0.1) is 5.82 Å². The molecule has 1 aromatic heterocycles. The van der Waals surface area contributed by atoms with Crippen LogP contribution in [0.5, 0.6) is 0 Å². The number of aromatic nitrogens is 1. The van der Waals surface area contributed by atoms with Gasteiger partial charge < -0.3 is 15.8 Å². The summed E-state index contributed by atoms with van der Waals surface area (Å²) < 4.78 is 17.8. The molecule has 6 nitrogen and oxygen atoms in total. The first-order valence-corrected chi connectivity index (χ1v) is 7.94. The Balaban J connectivity index is 2.02. The number of nitrogens with one attached hydrogen (secondary N) is 1. The van der Waals surface area contributed by atoms with Gasteiger partial charge in [-0.15, -0.1) is 0 Å². The number of nitrogens with zero attached hydrogens (tertiary/aromatic N) is 1. The summed E-state index contributed by atoms with van der Waals surface area (Å²) in [5.74, 6) is -2.35. The second kappa shape index (κ2) is 8.05. The van der Waals surface area contributed by atoms with Crippen LogP contribution in [0.4, 0.5) is 15.8 Å². The van der Waals surface area contributed by atoms with E-state index >= 15 is 0 Å². The van der Waals surface area contributed by atoms with Crippen molar-refractivity contribution in [3.63, 3.8) is 0 Å². The van der Waals surface area contributed by atoms with E-state index < -0.39 is 24.3 Å². The summed E-state index contributed by atoms with van der Waals surface area (Å²) >= 11 is 22.9. The highest BCUT2D eigenvalue weighted by molar-refractivity contribution is 6.46. The summed E-state index contributed by atoms with van der Waals surface area (Å²) in [4.78, 5) is 27.4. The maximum Gasteiger partial charge on any atom is 0.359 e. The lowest BCUT2D eigenvalue weighted by Gasteiger charge is -2.10. The summed E-state index contributed by atoms with van der Waals surface area (Å²) in [5, 5.41) is 1.62. The fourth-order valence-corrected chi connectivity index (χ4v) is 2.40. The predicted molar refractivity (Wildman–Crippen MR) is 94.0 cm³/mol. The molecule has 0 aliphatic rings. The number of pyridine rings is 1. The minimum Gasteiger partial charge on any atom is -0.451 e. The number of carbonyl (C=O) groups is 2. The van der Waals surface area contributed by atoms with Crippen LogP contribution in [-0.4, -0.2) is 23.5 Å². The van der Waals surface area contributed by atoms with E-state index in [1.54, 1.807) is 0 Å². The molecule has 11 heteroatoms. The predicted octanol–water partition coefficient (Wildman–Crippen LogP) is 4.21. The molecule has 25 heavy (non-hydrogen) atoms. The number of esters is 1. The van der Waals surface area contributed by atoms with Gasteiger partial charge in [-0.1, -0.05) is 46.4 Å². The minimum absolute atomic E-state index is 0.103. The first kappa shape index (κ1) is 19.5. The van der Waals surface area contributed by atoms with Gasteiger partial charge in [0.15, 0.2) is 17.5 Å². The Kier molecular flexibility index (Phi) is 6.29. The Morgan fingerprint density at radius 3 is 2.52 bits per heavy atom. The number of rotatable bonds is 4. The average Bonchev–Trinajstić information content (AvgIpc) is 2.57. The molecule has 1 amide bonds. The van der Waals surface area contributed by atoms with Crippen molar-refractivity contribution < 1.29 is 18.7 Å². The van der Waals surface area contributed by atoms with E-state index in [0.29, 0.717) is 0 Å². The molecule has 1 heterocycles. The van der Waals surface area contributed by atoms with Crippen LogP contribution in [0.1, 0.15) is 10.5 Å². The van der Waals surface area contributed by atoms with Crippen LogP contribution in [-0.2, 0) is 9.53 Å². The third kappa shape index (κ3) is 4.64. The summed E-state index contributed by atoms with van der Waals surface area (Å²) in [5.41, 5.74) is 5.29. The van der Waals surface area contributed by atoms with Crippen molar-refractivity contribution >= 4 is 69.7 Å². The number of carbonyl (C=O) groups excluding carboxylic acids is 2. The maximum atomic E-state index is 13.0. The van der Waals surface area contributed by atoms with Crippen molar-refractivity contribution in [2.45, 2.75) is 0 Å². The van der Waals surface area contributed by atoms with Gasteiger partial charge in [0, 0.05) is 5.69 Å². The molecule has 0 unspecified atom stereocenters. The zero-order valence-corrected chi connectivity index (χ0v) is 15.1. The molecule has 0 aliphatic heterocycles. The van der Waals surface area contributed by atoms with Crippen molar-refractivity contribution in [3.05, 3.63) is 49.9 Å². The second-order valence-corrected chi connectivity index (χ2v) is 6.07. The molecule has 0 bridgehead atoms. The molecule has 0 fully saturated rings. The summed E-state index contributed by atoms with van der Waals surface area (Å²) in [6.07, 6.45) is 0. The van der Waals surface area contributed by atoms with Gasteiger partial charge in [0.2, 0.25) is 0 Å². The van der Waals surface area contributed by atoms with Gasteiger partial charge in [-0.05, 0) is 18.2 Å². The zero-order valence-electron chi connectivity index (χ0n) is 12.1. The molecule has 0 aliphatic carbocycles. The van der Waals surface area contributed by atoms with E-state index in [-0.39, 0.29) is 37.3 Å². The first-order chi connectivity index (χ1) is 11.7. The molecule has 0 radical (unpaired) electrons.